The second-order valence-electron chi connectivity index (χ2n) is 1.99. The van der Waals surface area contributed by atoms with E-state index in [-0.39, 0.29) is 0 Å². The summed E-state index contributed by atoms with van der Waals surface area (Å²) in [7, 11) is 0. The Hall–Kier alpha value is -0.330. The van der Waals surface area contributed by atoms with Crippen molar-refractivity contribution in [2.75, 3.05) is 6.54 Å². The van der Waals surface area contributed by atoms with E-state index in [4.69, 9.17) is 0 Å². The highest BCUT2D eigenvalue weighted by atomic mass is 14.9. The number of nitrogens with zero attached hydrogens (tertiary/aromatic N) is 1. The molecule has 0 aliphatic carbocycles. The van der Waals surface area contributed by atoms with Crippen LogP contribution in [0.3, 0.4) is 0 Å². The molecule has 0 fully saturated rings. The van der Waals surface area contributed by atoms with E-state index in [0.717, 1.165) is 6.54 Å². The Morgan fingerprint density at radius 1 is 1.71 bits per heavy atom. The molecule has 1 heteroatoms. The molecule has 0 aromatic rings. The Morgan fingerprint density at radius 3 is 2.86 bits per heavy atom. The molecule has 0 saturated heterocycles. The Labute approximate surface area is 44.5 Å². The van der Waals surface area contributed by atoms with Gasteiger partial charge in [-0.15, -0.1) is 0 Å². The molecule has 0 unspecified atom stereocenters. The molecule has 1 heterocycles. The monoisotopic (exact) mass is 97.1 g/mol. The molecule has 1 aliphatic rings. The first-order chi connectivity index (χ1) is 3.43. The van der Waals surface area contributed by atoms with Gasteiger partial charge in [-0.05, 0) is 12.8 Å². The molecule has 0 atom stereocenters. The van der Waals surface area contributed by atoms with Crippen molar-refractivity contribution in [2.24, 2.45) is 4.99 Å². The van der Waals surface area contributed by atoms with Gasteiger partial charge in [0.25, 0.3) is 0 Å². The maximum atomic E-state index is 4.06. The molecule has 1 rings (SSSR count). The first-order valence-corrected chi connectivity index (χ1v) is 2.95. The molecule has 0 N–H and O–H groups in total. The van der Waals surface area contributed by atoms with Crippen LogP contribution in [0.25, 0.3) is 0 Å². The van der Waals surface area contributed by atoms with Crippen LogP contribution in [0.15, 0.2) is 4.99 Å². The molecule has 0 radical (unpaired) electrons. The predicted molar refractivity (Wildman–Crippen MR) is 31.8 cm³/mol. The van der Waals surface area contributed by atoms with Gasteiger partial charge in [0.2, 0.25) is 0 Å². The van der Waals surface area contributed by atoms with Crippen molar-refractivity contribution < 1.29 is 0 Å². The van der Waals surface area contributed by atoms with E-state index in [0.29, 0.717) is 0 Å². The van der Waals surface area contributed by atoms with Crippen molar-refractivity contribution in [1.82, 2.24) is 0 Å². The molecular weight excluding hydrogens is 86.1 g/mol. The van der Waals surface area contributed by atoms with Gasteiger partial charge in [0, 0.05) is 5.71 Å². The van der Waals surface area contributed by atoms with Crippen molar-refractivity contribution in [1.29, 1.82) is 0 Å². The van der Waals surface area contributed by atoms with Crippen molar-refractivity contribution in [3.8, 4) is 0 Å². The molecule has 7 heavy (non-hydrogen) atoms. The zero-order chi connectivity index (χ0) is 5.11. The maximum Gasteiger partial charge on any atom is 0.0768 e. The maximum absolute atomic E-state index is 4.06. The van der Waals surface area contributed by atoms with Crippen LogP contribution in [-0.4, -0.2) is 12.3 Å². The highest BCUT2D eigenvalue weighted by Gasteiger charge is 2.06. The van der Waals surface area contributed by atoms with Gasteiger partial charge in [0.05, 0.1) is 6.54 Å². The topological polar surface area (TPSA) is 12.4 Å². The van der Waals surface area contributed by atoms with Crippen LogP contribution >= 0.6 is 0 Å². The molecule has 0 amide bonds. The van der Waals surface area contributed by atoms with Crippen LogP contribution in [0.5, 0.6) is 0 Å². The van der Waals surface area contributed by atoms with Crippen LogP contribution in [0, 0.1) is 0 Å². The minimum absolute atomic E-state index is 1.07. The molecule has 0 bridgehead atoms. The molecular formula is C6H11N. The van der Waals surface area contributed by atoms with Crippen molar-refractivity contribution in [3.05, 3.63) is 0 Å². The highest BCUT2D eigenvalue weighted by molar-refractivity contribution is 5.96. The molecule has 1 aliphatic heterocycles. The first kappa shape index (κ1) is 4.82. The number of aliphatic imine (C=N–C) groups is 1. The predicted octanol–water partition coefficient (Wildman–Crippen LogP) is 1.63. The molecule has 0 aromatic carbocycles. The summed E-state index contributed by atoms with van der Waals surface area (Å²) in [5, 5.41) is 0. The summed E-state index contributed by atoms with van der Waals surface area (Å²) in [4.78, 5) is 4.06. The van der Waals surface area contributed by atoms with Gasteiger partial charge < -0.3 is 0 Å². The van der Waals surface area contributed by atoms with Crippen LogP contribution in [0.1, 0.15) is 26.2 Å². The van der Waals surface area contributed by atoms with Gasteiger partial charge >= 0.3 is 0 Å². The van der Waals surface area contributed by atoms with Crippen LogP contribution in [-0.2, 0) is 0 Å². The van der Waals surface area contributed by atoms with E-state index in [1.54, 1.807) is 0 Å². The second kappa shape index (κ2) is 2.10. The molecule has 40 valence electrons. The standard InChI is InChI=1S/C6H11N/c1-2-3-4-6-5-7-6/h2-5H2,1H3. The van der Waals surface area contributed by atoms with Crippen LogP contribution in [0.2, 0.25) is 0 Å². The van der Waals surface area contributed by atoms with Gasteiger partial charge in [-0.1, -0.05) is 13.3 Å². The third-order valence-corrected chi connectivity index (χ3v) is 1.20. The number of rotatable bonds is 3. The van der Waals surface area contributed by atoms with E-state index in [1.807, 2.05) is 0 Å². The third kappa shape index (κ3) is 1.72. The fraction of sp³-hybridized carbons (Fsp3) is 0.833. The lowest BCUT2D eigenvalue weighted by molar-refractivity contribution is 0.841. The number of hydrogen-bond donors (Lipinski definition) is 0. The fourth-order valence-electron chi connectivity index (χ4n) is 0.595. The van der Waals surface area contributed by atoms with Gasteiger partial charge in [-0.2, -0.15) is 0 Å². The fourth-order valence-corrected chi connectivity index (χ4v) is 0.595. The second-order valence-corrected chi connectivity index (χ2v) is 1.99. The summed E-state index contributed by atoms with van der Waals surface area (Å²) in [6.45, 7) is 3.28. The normalized spacial score (nSPS) is 16.4. The van der Waals surface area contributed by atoms with E-state index >= 15 is 0 Å². The lowest BCUT2D eigenvalue weighted by Crippen LogP contribution is -1.79. The van der Waals surface area contributed by atoms with E-state index in [1.165, 1.54) is 25.0 Å². The minimum Gasteiger partial charge on any atom is -0.286 e. The Balaban J connectivity index is 1.89. The minimum atomic E-state index is 1.07. The zero-order valence-electron chi connectivity index (χ0n) is 4.78. The van der Waals surface area contributed by atoms with E-state index < -0.39 is 0 Å². The van der Waals surface area contributed by atoms with Gasteiger partial charge in [0.15, 0.2) is 0 Å². The largest absolute Gasteiger partial charge is 0.286 e. The summed E-state index contributed by atoms with van der Waals surface area (Å²) in [6.07, 6.45) is 3.90. The summed E-state index contributed by atoms with van der Waals surface area (Å²) in [5.74, 6) is 0. The summed E-state index contributed by atoms with van der Waals surface area (Å²) < 4.78 is 0. The average Bonchev–Trinajstić information content (AvgIpc) is 2.42. The van der Waals surface area contributed by atoms with Gasteiger partial charge in [-0.25, -0.2) is 0 Å². The smallest absolute Gasteiger partial charge is 0.0768 e. The summed E-state index contributed by atoms with van der Waals surface area (Å²) in [5.41, 5.74) is 1.43. The summed E-state index contributed by atoms with van der Waals surface area (Å²) in [6, 6.07) is 0. The van der Waals surface area contributed by atoms with Crippen LogP contribution < -0.4 is 0 Å². The van der Waals surface area contributed by atoms with Crippen LogP contribution in [0.4, 0.5) is 0 Å². The van der Waals surface area contributed by atoms with Crippen molar-refractivity contribution in [2.45, 2.75) is 26.2 Å². The summed E-state index contributed by atoms with van der Waals surface area (Å²) >= 11 is 0. The quantitative estimate of drug-likeness (QED) is 0.507. The lowest BCUT2D eigenvalue weighted by atomic mass is 10.2. The molecule has 0 aromatic heterocycles. The Bertz CT molecular complexity index is 84.2. The Kier molecular flexibility index (Phi) is 1.45. The average molecular weight is 97.2 g/mol. The zero-order valence-corrected chi connectivity index (χ0v) is 4.78. The van der Waals surface area contributed by atoms with Crippen molar-refractivity contribution >= 4 is 5.71 Å². The lowest BCUT2D eigenvalue weighted by Gasteiger charge is -1.83. The van der Waals surface area contributed by atoms with E-state index in [2.05, 4.69) is 11.9 Å². The van der Waals surface area contributed by atoms with Crippen molar-refractivity contribution in [3.63, 3.8) is 0 Å². The SMILES string of the molecule is CCCCC1=NC1. The third-order valence-electron chi connectivity index (χ3n) is 1.20. The first-order valence-electron chi connectivity index (χ1n) is 2.95. The molecule has 0 spiro atoms. The molecule has 0 saturated carbocycles. The molecule has 1 nitrogen and oxygen atoms in total. The Morgan fingerprint density at radius 2 is 2.43 bits per heavy atom. The number of hydrogen-bond acceptors (Lipinski definition) is 1. The van der Waals surface area contributed by atoms with E-state index in [9.17, 15) is 0 Å². The van der Waals surface area contributed by atoms with Gasteiger partial charge in [0.1, 0.15) is 0 Å². The number of unbranched alkanes of at least 4 members (excludes halogenated alkanes) is 1. The highest BCUT2D eigenvalue weighted by Crippen LogP contribution is 2.05. The van der Waals surface area contributed by atoms with Gasteiger partial charge in [-0.3, -0.25) is 4.99 Å².